The highest BCUT2D eigenvalue weighted by Gasteiger charge is 2.27. The molecule has 2 aromatic carbocycles. The molecule has 1 atom stereocenters. The number of hydrogen-bond donors (Lipinski definition) is 1. The summed E-state index contributed by atoms with van der Waals surface area (Å²) in [6.07, 6.45) is 0. The van der Waals surface area contributed by atoms with Crippen LogP contribution in [0.5, 0.6) is 0 Å². The number of para-hydroxylation sites is 1. The van der Waals surface area contributed by atoms with Gasteiger partial charge in [-0.1, -0.05) is 24.3 Å². The van der Waals surface area contributed by atoms with Crippen LogP contribution in [0.2, 0.25) is 0 Å². The van der Waals surface area contributed by atoms with Crippen LogP contribution >= 0.6 is 11.8 Å². The van der Waals surface area contributed by atoms with E-state index in [9.17, 15) is 9.18 Å². The number of Topliss-reactive ketones (excluding diaryl/α,β-unsaturated/α-hetero) is 1. The van der Waals surface area contributed by atoms with Gasteiger partial charge in [-0.25, -0.2) is 4.39 Å². The highest BCUT2D eigenvalue weighted by molar-refractivity contribution is 8.00. The number of rotatable bonds is 2. The number of allylic oxidation sites excluding steroid dienone is 1. The summed E-state index contributed by atoms with van der Waals surface area (Å²) in [4.78, 5) is 13.3. The summed E-state index contributed by atoms with van der Waals surface area (Å²) in [7, 11) is 0. The molecule has 0 aliphatic carbocycles. The number of hydrogen-bond acceptors (Lipinski definition) is 3. The second-order valence-corrected chi connectivity index (χ2v) is 6.41. The molecule has 112 valence electrons. The monoisotopic (exact) mass is 313 g/mol. The van der Waals surface area contributed by atoms with E-state index in [0.717, 1.165) is 27.4 Å². The number of thioether (sulfide) groups is 1. The predicted molar refractivity (Wildman–Crippen MR) is 88.4 cm³/mol. The molecular weight excluding hydrogens is 297 g/mol. The quantitative estimate of drug-likeness (QED) is 0.850. The molecule has 1 heterocycles. The van der Waals surface area contributed by atoms with E-state index >= 15 is 0 Å². The molecule has 0 saturated carbocycles. The summed E-state index contributed by atoms with van der Waals surface area (Å²) in [6, 6.07) is 14.3. The van der Waals surface area contributed by atoms with Gasteiger partial charge < -0.3 is 5.32 Å². The fraction of sp³-hybridized carbons (Fsp3) is 0.167. The highest BCUT2D eigenvalue weighted by Crippen LogP contribution is 2.47. The first-order valence-corrected chi connectivity index (χ1v) is 7.94. The second-order valence-electron chi connectivity index (χ2n) is 5.27. The number of nitrogens with one attached hydrogen (secondary N) is 1. The number of carbonyl (C=O) groups excluding carboxylic acids is 1. The van der Waals surface area contributed by atoms with E-state index in [1.165, 1.54) is 12.1 Å². The van der Waals surface area contributed by atoms with Gasteiger partial charge >= 0.3 is 0 Å². The molecule has 22 heavy (non-hydrogen) atoms. The fourth-order valence-corrected chi connectivity index (χ4v) is 4.06. The Hall–Kier alpha value is -2.07. The Kier molecular flexibility index (Phi) is 4.03. The number of fused-ring (bicyclic) bond motifs is 1. The topological polar surface area (TPSA) is 29.1 Å². The number of halogens is 1. The van der Waals surface area contributed by atoms with Crippen LogP contribution in [0.15, 0.2) is 64.7 Å². The molecule has 1 unspecified atom stereocenters. The smallest absolute Gasteiger partial charge is 0.159 e. The lowest BCUT2D eigenvalue weighted by molar-refractivity contribution is -0.113. The number of ketones is 1. The zero-order chi connectivity index (χ0) is 15.7. The molecule has 1 N–H and O–H groups in total. The lowest BCUT2D eigenvalue weighted by Gasteiger charge is -2.18. The SMILES string of the molecule is CC(=O)C1=C(C)Nc2ccccc2SC1c1ccc(F)cc1. The Morgan fingerprint density at radius 1 is 1.14 bits per heavy atom. The van der Waals surface area contributed by atoms with Gasteiger partial charge in [-0.2, -0.15) is 0 Å². The molecule has 1 aliphatic heterocycles. The molecule has 2 aromatic rings. The van der Waals surface area contributed by atoms with Crippen molar-refractivity contribution in [3.8, 4) is 0 Å². The van der Waals surface area contributed by atoms with Crippen LogP contribution in [0.3, 0.4) is 0 Å². The minimum atomic E-state index is -0.272. The Morgan fingerprint density at radius 2 is 1.82 bits per heavy atom. The second kappa shape index (κ2) is 5.97. The lowest BCUT2D eigenvalue weighted by Crippen LogP contribution is -2.10. The molecule has 0 spiro atoms. The maximum absolute atomic E-state index is 13.2. The minimum absolute atomic E-state index is 0.0274. The zero-order valence-corrected chi connectivity index (χ0v) is 13.2. The van der Waals surface area contributed by atoms with Gasteiger partial charge in [0.15, 0.2) is 5.78 Å². The van der Waals surface area contributed by atoms with Gasteiger partial charge in [-0.05, 0) is 43.7 Å². The highest BCUT2D eigenvalue weighted by atomic mass is 32.2. The summed E-state index contributed by atoms with van der Waals surface area (Å²) >= 11 is 1.61. The van der Waals surface area contributed by atoms with Crippen molar-refractivity contribution < 1.29 is 9.18 Å². The molecule has 0 aromatic heterocycles. The van der Waals surface area contributed by atoms with Crippen molar-refractivity contribution in [1.29, 1.82) is 0 Å². The summed E-state index contributed by atoms with van der Waals surface area (Å²) in [6.45, 7) is 3.49. The predicted octanol–water partition coefficient (Wildman–Crippen LogP) is 4.95. The summed E-state index contributed by atoms with van der Waals surface area (Å²) < 4.78 is 13.2. The van der Waals surface area contributed by atoms with E-state index < -0.39 is 0 Å². The van der Waals surface area contributed by atoms with Crippen LogP contribution in [-0.4, -0.2) is 5.78 Å². The number of benzene rings is 2. The maximum atomic E-state index is 13.2. The Bertz CT molecular complexity index is 752. The van der Waals surface area contributed by atoms with Crippen molar-refractivity contribution in [3.05, 3.63) is 71.2 Å². The van der Waals surface area contributed by atoms with Crippen molar-refractivity contribution in [2.45, 2.75) is 24.0 Å². The molecule has 4 heteroatoms. The molecular formula is C18H16FNOS. The van der Waals surface area contributed by atoms with Crippen molar-refractivity contribution in [3.63, 3.8) is 0 Å². The Morgan fingerprint density at radius 3 is 2.50 bits per heavy atom. The van der Waals surface area contributed by atoms with Crippen molar-refractivity contribution in [2.24, 2.45) is 0 Å². The lowest BCUT2D eigenvalue weighted by atomic mass is 9.99. The minimum Gasteiger partial charge on any atom is -0.358 e. The first kappa shape index (κ1) is 14.9. The Balaban J connectivity index is 2.13. The van der Waals surface area contributed by atoms with Crippen LogP contribution in [0, 0.1) is 5.82 Å². The average molecular weight is 313 g/mol. The van der Waals surface area contributed by atoms with E-state index in [1.807, 2.05) is 31.2 Å². The standard InChI is InChI=1S/C18H16FNOS/c1-11-17(12(2)21)18(13-7-9-14(19)10-8-13)22-16-6-4-3-5-15(16)20-11/h3-10,18,20H,1-2H3. The van der Waals surface area contributed by atoms with Gasteiger partial charge in [-0.15, -0.1) is 11.8 Å². The van der Waals surface area contributed by atoms with Gasteiger partial charge in [0.05, 0.1) is 10.9 Å². The fourth-order valence-electron chi connectivity index (χ4n) is 2.65. The van der Waals surface area contributed by atoms with Crippen LogP contribution in [0.4, 0.5) is 10.1 Å². The van der Waals surface area contributed by atoms with E-state index in [0.29, 0.717) is 0 Å². The van der Waals surface area contributed by atoms with Crippen LogP contribution in [-0.2, 0) is 4.79 Å². The third-order valence-electron chi connectivity index (χ3n) is 3.67. The molecule has 0 bridgehead atoms. The number of anilines is 1. The van der Waals surface area contributed by atoms with Gasteiger partial charge in [0.25, 0.3) is 0 Å². The summed E-state index contributed by atoms with van der Waals surface area (Å²) in [5, 5.41) is 3.18. The van der Waals surface area contributed by atoms with Gasteiger partial charge in [-0.3, -0.25) is 4.79 Å². The molecule has 3 rings (SSSR count). The molecule has 0 amide bonds. The summed E-state index contributed by atoms with van der Waals surface area (Å²) in [5.74, 6) is -0.245. The van der Waals surface area contributed by atoms with Crippen molar-refractivity contribution >= 4 is 23.2 Å². The van der Waals surface area contributed by atoms with E-state index in [2.05, 4.69) is 5.32 Å². The van der Waals surface area contributed by atoms with Gasteiger partial charge in [0.1, 0.15) is 5.82 Å². The molecule has 0 saturated heterocycles. The van der Waals surface area contributed by atoms with Gasteiger partial charge in [0.2, 0.25) is 0 Å². The third kappa shape index (κ3) is 2.79. The summed E-state index contributed by atoms with van der Waals surface area (Å²) in [5.41, 5.74) is 3.50. The van der Waals surface area contributed by atoms with Gasteiger partial charge in [0, 0.05) is 16.2 Å². The van der Waals surface area contributed by atoms with Crippen LogP contribution in [0.25, 0.3) is 0 Å². The normalized spacial score (nSPS) is 17.5. The first-order chi connectivity index (χ1) is 10.6. The average Bonchev–Trinajstić information content (AvgIpc) is 2.63. The Labute approximate surface area is 133 Å². The van der Waals surface area contributed by atoms with E-state index in [1.54, 1.807) is 30.8 Å². The van der Waals surface area contributed by atoms with Crippen LogP contribution < -0.4 is 5.32 Å². The first-order valence-electron chi connectivity index (χ1n) is 7.06. The molecule has 2 nitrogen and oxygen atoms in total. The number of carbonyl (C=O) groups is 1. The molecule has 0 radical (unpaired) electrons. The van der Waals surface area contributed by atoms with Crippen molar-refractivity contribution in [2.75, 3.05) is 5.32 Å². The molecule has 0 fully saturated rings. The largest absolute Gasteiger partial charge is 0.358 e. The maximum Gasteiger partial charge on any atom is 0.159 e. The zero-order valence-electron chi connectivity index (χ0n) is 12.4. The third-order valence-corrected chi connectivity index (χ3v) is 5.03. The van der Waals surface area contributed by atoms with E-state index in [-0.39, 0.29) is 16.9 Å². The van der Waals surface area contributed by atoms with E-state index in [4.69, 9.17) is 0 Å². The molecule has 1 aliphatic rings. The van der Waals surface area contributed by atoms with Crippen LogP contribution in [0.1, 0.15) is 24.7 Å². The van der Waals surface area contributed by atoms with Crippen molar-refractivity contribution in [1.82, 2.24) is 0 Å².